The molecule has 16 heavy (non-hydrogen) atoms. The van der Waals surface area contributed by atoms with E-state index in [1.807, 2.05) is 20.8 Å². The highest BCUT2D eigenvalue weighted by molar-refractivity contribution is 9.10. The molecule has 0 aliphatic carbocycles. The predicted octanol–water partition coefficient (Wildman–Crippen LogP) is 2.51. The van der Waals surface area contributed by atoms with Crippen molar-refractivity contribution in [3.63, 3.8) is 0 Å². The number of aromatic nitrogens is 2. The molecule has 1 aromatic heterocycles. The molecule has 0 radical (unpaired) electrons. The summed E-state index contributed by atoms with van der Waals surface area (Å²) < 4.78 is 0.731. The molecule has 0 aliphatic heterocycles. The van der Waals surface area contributed by atoms with Crippen molar-refractivity contribution in [2.45, 2.75) is 45.8 Å². The van der Waals surface area contributed by atoms with E-state index in [1.54, 1.807) is 19.9 Å². The quantitative estimate of drug-likeness (QED) is 0.839. The number of hydrogen-bond acceptors (Lipinski definition) is 4. The van der Waals surface area contributed by atoms with Gasteiger partial charge in [0.2, 0.25) is 0 Å². The van der Waals surface area contributed by atoms with Gasteiger partial charge in [0.05, 0.1) is 11.1 Å². The van der Waals surface area contributed by atoms with Crippen molar-refractivity contribution in [2.24, 2.45) is 0 Å². The van der Waals surface area contributed by atoms with Crippen LogP contribution in [-0.2, 0) is 0 Å². The lowest BCUT2D eigenvalue weighted by molar-refractivity contribution is 0.0238. The van der Waals surface area contributed by atoms with Crippen LogP contribution in [0.15, 0.2) is 10.7 Å². The first-order valence-corrected chi connectivity index (χ1v) is 5.93. The van der Waals surface area contributed by atoms with Gasteiger partial charge in [0, 0.05) is 6.07 Å². The number of nitrogens with zero attached hydrogens (tertiary/aromatic N) is 2. The van der Waals surface area contributed by atoms with E-state index in [2.05, 4.69) is 31.2 Å². The van der Waals surface area contributed by atoms with Gasteiger partial charge in [0.25, 0.3) is 0 Å². The minimum atomic E-state index is -0.849. The first-order valence-electron chi connectivity index (χ1n) is 5.13. The van der Waals surface area contributed by atoms with Gasteiger partial charge in [-0.3, -0.25) is 0 Å². The van der Waals surface area contributed by atoms with Gasteiger partial charge >= 0.3 is 0 Å². The van der Waals surface area contributed by atoms with E-state index in [-0.39, 0.29) is 0 Å². The van der Waals surface area contributed by atoms with Crippen LogP contribution in [0, 0.1) is 6.92 Å². The van der Waals surface area contributed by atoms with Crippen molar-refractivity contribution in [1.29, 1.82) is 0 Å². The van der Waals surface area contributed by atoms with Gasteiger partial charge in [0.1, 0.15) is 16.2 Å². The highest BCUT2D eigenvalue weighted by atomic mass is 79.9. The van der Waals surface area contributed by atoms with E-state index >= 15 is 0 Å². The molecule has 5 heteroatoms. The van der Waals surface area contributed by atoms with Crippen molar-refractivity contribution >= 4 is 21.7 Å². The molecule has 4 nitrogen and oxygen atoms in total. The molecule has 0 bridgehead atoms. The van der Waals surface area contributed by atoms with Crippen molar-refractivity contribution in [2.75, 3.05) is 5.32 Å². The van der Waals surface area contributed by atoms with Crippen molar-refractivity contribution < 1.29 is 5.11 Å². The summed E-state index contributed by atoms with van der Waals surface area (Å²) in [4.78, 5) is 8.40. The lowest BCUT2D eigenvalue weighted by Crippen LogP contribution is -2.51. The van der Waals surface area contributed by atoms with Crippen LogP contribution in [-0.4, -0.2) is 26.2 Å². The van der Waals surface area contributed by atoms with Gasteiger partial charge < -0.3 is 10.4 Å². The lowest BCUT2D eigenvalue weighted by Gasteiger charge is -2.38. The molecule has 0 fully saturated rings. The van der Waals surface area contributed by atoms with Gasteiger partial charge in [0.15, 0.2) is 0 Å². The normalized spacial score (nSPS) is 12.7. The van der Waals surface area contributed by atoms with Crippen LogP contribution in [0.4, 0.5) is 5.82 Å². The number of aliphatic hydroxyl groups is 1. The maximum atomic E-state index is 10.0. The standard InChI is InChI=1S/C11H18BrN3O/c1-7-13-8(12)6-9(14-7)15-10(2,3)11(4,5)16/h6,16H,1-5H3,(H,13,14,15). The van der Waals surface area contributed by atoms with Crippen molar-refractivity contribution in [3.8, 4) is 0 Å². The Morgan fingerprint density at radius 1 is 1.25 bits per heavy atom. The van der Waals surface area contributed by atoms with Crippen LogP contribution < -0.4 is 5.32 Å². The highest BCUT2D eigenvalue weighted by Crippen LogP contribution is 2.25. The summed E-state index contributed by atoms with van der Waals surface area (Å²) in [6, 6.07) is 1.79. The number of nitrogens with one attached hydrogen (secondary N) is 1. The average Bonchev–Trinajstić information content (AvgIpc) is 1.97. The first-order chi connectivity index (χ1) is 7.12. The van der Waals surface area contributed by atoms with Crippen LogP contribution in [0.2, 0.25) is 0 Å². The van der Waals surface area contributed by atoms with Gasteiger partial charge in [-0.15, -0.1) is 0 Å². The molecule has 0 saturated heterocycles. The lowest BCUT2D eigenvalue weighted by atomic mass is 9.86. The second-order valence-corrected chi connectivity index (χ2v) is 5.74. The summed E-state index contributed by atoms with van der Waals surface area (Å²) in [7, 11) is 0. The highest BCUT2D eigenvalue weighted by Gasteiger charge is 2.35. The molecule has 0 amide bonds. The third-order valence-corrected chi connectivity index (χ3v) is 3.18. The van der Waals surface area contributed by atoms with E-state index in [0.29, 0.717) is 11.6 Å². The summed E-state index contributed by atoms with van der Waals surface area (Å²) in [6.07, 6.45) is 0. The maximum absolute atomic E-state index is 10.0. The zero-order valence-corrected chi connectivity index (χ0v) is 11.9. The van der Waals surface area contributed by atoms with Crippen LogP contribution in [0.25, 0.3) is 0 Å². The zero-order valence-electron chi connectivity index (χ0n) is 10.3. The molecule has 0 aromatic carbocycles. The van der Waals surface area contributed by atoms with E-state index in [0.717, 1.165) is 4.60 Å². The Kier molecular flexibility index (Phi) is 3.59. The Morgan fingerprint density at radius 3 is 2.25 bits per heavy atom. The number of rotatable bonds is 3. The van der Waals surface area contributed by atoms with Crippen LogP contribution in [0.5, 0.6) is 0 Å². The SMILES string of the molecule is Cc1nc(Br)cc(NC(C)(C)C(C)(C)O)n1. The van der Waals surface area contributed by atoms with Gasteiger partial charge in [-0.1, -0.05) is 0 Å². The number of hydrogen-bond donors (Lipinski definition) is 2. The third kappa shape index (κ3) is 3.15. The largest absolute Gasteiger partial charge is 0.388 e. The maximum Gasteiger partial charge on any atom is 0.131 e. The second-order valence-electron chi connectivity index (χ2n) is 4.93. The molecule has 0 spiro atoms. The molecular weight excluding hydrogens is 270 g/mol. The number of aryl methyl sites for hydroxylation is 1. The van der Waals surface area contributed by atoms with E-state index in [4.69, 9.17) is 0 Å². The molecule has 90 valence electrons. The Bertz CT molecular complexity index is 365. The first kappa shape index (κ1) is 13.4. The molecule has 1 rings (SSSR count). The van der Waals surface area contributed by atoms with E-state index in [9.17, 15) is 5.11 Å². The summed E-state index contributed by atoms with van der Waals surface area (Å²) in [5, 5.41) is 13.2. The number of anilines is 1. The van der Waals surface area contributed by atoms with Crippen molar-refractivity contribution in [3.05, 3.63) is 16.5 Å². The second kappa shape index (κ2) is 4.30. The third-order valence-electron chi connectivity index (χ3n) is 2.78. The molecule has 0 atom stereocenters. The summed E-state index contributed by atoms with van der Waals surface area (Å²) >= 11 is 3.32. The van der Waals surface area contributed by atoms with Crippen LogP contribution in [0.1, 0.15) is 33.5 Å². The average molecular weight is 288 g/mol. The smallest absolute Gasteiger partial charge is 0.131 e. The Morgan fingerprint density at radius 2 is 1.81 bits per heavy atom. The minimum Gasteiger partial charge on any atom is -0.388 e. The minimum absolute atomic E-state index is 0.479. The van der Waals surface area contributed by atoms with E-state index < -0.39 is 11.1 Å². The topological polar surface area (TPSA) is 58.0 Å². The predicted molar refractivity (Wildman–Crippen MR) is 68.5 cm³/mol. The molecule has 1 heterocycles. The summed E-state index contributed by atoms with van der Waals surface area (Å²) in [6.45, 7) is 9.22. The zero-order chi connectivity index (χ0) is 12.6. The fourth-order valence-electron chi connectivity index (χ4n) is 1.07. The van der Waals surface area contributed by atoms with E-state index in [1.165, 1.54) is 0 Å². The number of halogens is 1. The monoisotopic (exact) mass is 287 g/mol. The fourth-order valence-corrected chi connectivity index (χ4v) is 1.54. The fraction of sp³-hybridized carbons (Fsp3) is 0.636. The molecule has 1 aromatic rings. The summed E-state index contributed by atoms with van der Waals surface area (Å²) in [5.41, 5.74) is -1.33. The molecular formula is C11H18BrN3O. The van der Waals surface area contributed by atoms with Gasteiger partial charge in [-0.25, -0.2) is 9.97 Å². The van der Waals surface area contributed by atoms with Gasteiger partial charge in [-0.05, 0) is 50.5 Å². The molecule has 0 unspecified atom stereocenters. The van der Waals surface area contributed by atoms with Gasteiger partial charge in [-0.2, -0.15) is 0 Å². The Labute approximate surface area is 105 Å². The van der Waals surface area contributed by atoms with Crippen LogP contribution >= 0.6 is 15.9 Å². The Balaban J connectivity index is 2.96. The van der Waals surface area contributed by atoms with Crippen LogP contribution in [0.3, 0.4) is 0 Å². The summed E-state index contributed by atoms with van der Waals surface area (Å²) in [5.74, 6) is 1.38. The molecule has 0 saturated carbocycles. The van der Waals surface area contributed by atoms with Crippen molar-refractivity contribution in [1.82, 2.24) is 9.97 Å². The molecule has 2 N–H and O–H groups in total. The molecule has 0 aliphatic rings. The Hall–Kier alpha value is -0.680.